The average molecular weight is 617 g/mol. The van der Waals surface area contributed by atoms with Crippen LogP contribution in [0.4, 0.5) is 15.8 Å². The summed E-state index contributed by atoms with van der Waals surface area (Å²) in [5, 5.41) is 1.71. The van der Waals surface area contributed by atoms with Crippen LogP contribution in [-0.2, 0) is 0 Å². The SMILES string of the molecule is COc1cc(N2CCN(C3CCN(c4ccc(F)c5cccnc45)CC3)CC2)c2ncccc2c1.Cl.Cl.Cl.O.O. The second-order valence-electron chi connectivity index (χ2n) is 9.43. The quantitative estimate of drug-likeness (QED) is 0.338. The van der Waals surface area contributed by atoms with E-state index in [2.05, 4.69) is 42.9 Å². The number of hydrogen-bond donors (Lipinski definition) is 0. The Morgan fingerprint density at radius 2 is 1.38 bits per heavy atom. The number of nitrogens with zero attached hydrogens (tertiary/aromatic N) is 5. The predicted molar refractivity (Wildman–Crippen MR) is 168 cm³/mol. The van der Waals surface area contributed by atoms with Gasteiger partial charge in [0.25, 0.3) is 0 Å². The van der Waals surface area contributed by atoms with Crippen LogP contribution in [0.3, 0.4) is 0 Å². The molecule has 6 rings (SSSR count). The lowest BCUT2D eigenvalue weighted by atomic mass is 10.0. The largest absolute Gasteiger partial charge is 0.497 e. The fraction of sp³-hybridized carbons (Fsp3) is 0.357. The zero-order chi connectivity index (χ0) is 23.8. The molecule has 12 heteroatoms. The number of ether oxygens (including phenoxy) is 1. The van der Waals surface area contributed by atoms with Crippen molar-refractivity contribution in [1.29, 1.82) is 0 Å². The predicted octanol–water partition coefficient (Wildman–Crippen LogP) is 4.34. The maximum Gasteiger partial charge on any atom is 0.132 e. The van der Waals surface area contributed by atoms with Gasteiger partial charge >= 0.3 is 0 Å². The Bertz CT molecular complexity index is 1370. The molecule has 4 heterocycles. The van der Waals surface area contributed by atoms with Gasteiger partial charge in [-0.15, -0.1) is 37.2 Å². The molecule has 0 aliphatic carbocycles. The molecule has 2 aromatic carbocycles. The smallest absolute Gasteiger partial charge is 0.132 e. The van der Waals surface area contributed by atoms with Crippen molar-refractivity contribution in [2.75, 3.05) is 56.2 Å². The number of piperidine rings is 1. The lowest BCUT2D eigenvalue weighted by Gasteiger charge is -2.44. The van der Waals surface area contributed by atoms with E-state index in [-0.39, 0.29) is 54.0 Å². The van der Waals surface area contributed by atoms with Crippen molar-refractivity contribution in [3.05, 3.63) is 66.7 Å². The van der Waals surface area contributed by atoms with Gasteiger partial charge in [-0.25, -0.2) is 4.39 Å². The molecule has 0 saturated carbocycles. The van der Waals surface area contributed by atoms with Gasteiger partial charge in [0.1, 0.15) is 11.6 Å². The summed E-state index contributed by atoms with van der Waals surface area (Å²) in [5.41, 5.74) is 4.00. The fourth-order valence-corrected chi connectivity index (χ4v) is 5.68. The van der Waals surface area contributed by atoms with Crippen molar-refractivity contribution in [2.45, 2.75) is 18.9 Å². The van der Waals surface area contributed by atoms with Crippen LogP contribution in [0.15, 0.2) is 60.9 Å². The van der Waals surface area contributed by atoms with E-state index in [1.54, 1.807) is 25.4 Å². The van der Waals surface area contributed by atoms with Crippen molar-refractivity contribution >= 4 is 70.4 Å². The molecule has 4 N–H and O–H groups in total. The molecular weight excluding hydrogens is 580 g/mol. The normalized spacial score (nSPS) is 15.7. The third-order valence-electron chi connectivity index (χ3n) is 7.57. The summed E-state index contributed by atoms with van der Waals surface area (Å²) in [5.74, 6) is 0.668. The molecule has 2 aliphatic heterocycles. The molecule has 0 spiro atoms. The summed E-state index contributed by atoms with van der Waals surface area (Å²) >= 11 is 0. The van der Waals surface area contributed by atoms with E-state index in [4.69, 9.17) is 4.74 Å². The Morgan fingerprint density at radius 3 is 2.05 bits per heavy atom. The highest BCUT2D eigenvalue weighted by Gasteiger charge is 2.29. The topological polar surface area (TPSA) is 108 Å². The Hall–Kier alpha value is -2.66. The molecule has 0 amide bonds. The molecule has 0 bridgehead atoms. The zero-order valence-electron chi connectivity index (χ0n) is 22.3. The lowest BCUT2D eigenvalue weighted by Crippen LogP contribution is -2.53. The highest BCUT2D eigenvalue weighted by molar-refractivity contribution is 5.93. The van der Waals surface area contributed by atoms with Crippen LogP contribution in [-0.4, -0.2) is 78.2 Å². The monoisotopic (exact) mass is 615 g/mol. The van der Waals surface area contributed by atoms with Crippen molar-refractivity contribution in [1.82, 2.24) is 14.9 Å². The van der Waals surface area contributed by atoms with Crippen LogP contribution < -0.4 is 14.5 Å². The molecule has 2 aliphatic rings. The van der Waals surface area contributed by atoms with Crippen LogP contribution in [0.25, 0.3) is 21.8 Å². The van der Waals surface area contributed by atoms with E-state index in [9.17, 15) is 4.39 Å². The third-order valence-corrected chi connectivity index (χ3v) is 7.57. The van der Waals surface area contributed by atoms with Crippen LogP contribution >= 0.6 is 37.2 Å². The molecular formula is C28H37Cl3FN5O3. The number of pyridine rings is 2. The number of fused-ring (bicyclic) bond motifs is 2. The number of rotatable bonds is 4. The molecule has 40 heavy (non-hydrogen) atoms. The van der Waals surface area contributed by atoms with Crippen molar-refractivity contribution in [2.24, 2.45) is 0 Å². The van der Waals surface area contributed by atoms with Crippen LogP contribution in [0.5, 0.6) is 5.75 Å². The number of piperazine rings is 1. The first-order valence-electron chi connectivity index (χ1n) is 12.4. The first-order chi connectivity index (χ1) is 17.2. The molecule has 4 aromatic rings. The van der Waals surface area contributed by atoms with Gasteiger partial charge in [0, 0.05) is 74.5 Å². The summed E-state index contributed by atoms with van der Waals surface area (Å²) in [6.07, 6.45) is 5.82. The van der Waals surface area contributed by atoms with Crippen LogP contribution in [0, 0.1) is 5.82 Å². The highest BCUT2D eigenvalue weighted by Crippen LogP contribution is 2.33. The standard InChI is InChI=1S/C28H30FN5O.3ClH.2H2O/c1-35-22-18-20-4-2-10-30-27(20)26(19-22)34-16-14-32(15-17-34)21-8-12-33(13-9-21)25-7-6-24(29)23-5-3-11-31-28(23)25;;;;;/h2-7,10-11,18-19,21H,8-9,12-17H2,1H3;3*1H;2*1H2. The molecule has 220 valence electrons. The highest BCUT2D eigenvalue weighted by atomic mass is 35.5. The van der Waals surface area contributed by atoms with E-state index in [1.807, 2.05) is 24.4 Å². The molecule has 0 radical (unpaired) electrons. The second kappa shape index (κ2) is 15.4. The van der Waals surface area contributed by atoms with Gasteiger partial charge in [0.2, 0.25) is 0 Å². The van der Waals surface area contributed by atoms with E-state index < -0.39 is 0 Å². The van der Waals surface area contributed by atoms with E-state index in [1.165, 1.54) is 0 Å². The average Bonchev–Trinajstić information content (AvgIpc) is 2.93. The van der Waals surface area contributed by atoms with Crippen LogP contribution in [0.2, 0.25) is 0 Å². The van der Waals surface area contributed by atoms with Gasteiger partial charge in [-0.05, 0) is 49.2 Å². The van der Waals surface area contributed by atoms with Gasteiger partial charge in [0.05, 0.1) is 29.5 Å². The van der Waals surface area contributed by atoms with E-state index in [0.29, 0.717) is 11.4 Å². The van der Waals surface area contributed by atoms with Gasteiger partial charge in [-0.1, -0.05) is 6.07 Å². The Balaban J connectivity index is 0.00000160. The summed E-state index contributed by atoms with van der Waals surface area (Å²) in [6, 6.07) is 15.9. The van der Waals surface area contributed by atoms with Crippen molar-refractivity contribution < 1.29 is 20.1 Å². The first-order valence-corrected chi connectivity index (χ1v) is 12.4. The minimum absolute atomic E-state index is 0. The minimum atomic E-state index is -0.205. The zero-order valence-corrected chi connectivity index (χ0v) is 24.7. The number of methoxy groups -OCH3 is 1. The number of aromatic nitrogens is 2. The molecule has 2 saturated heterocycles. The maximum atomic E-state index is 14.2. The Morgan fingerprint density at radius 1 is 0.750 bits per heavy atom. The van der Waals surface area contributed by atoms with Crippen LogP contribution in [0.1, 0.15) is 12.8 Å². The molecule has 0 atom stereocenters. The summed E-state index contributed by atoms with van der Waals surface area (Å²) < 4.78 is 19.8. The lowest BCUT2D eigenvalue weighted by molar-refractivity contribution is 0.160. The fourth-order valence-electron chi connectivity index (χ4n) is 5.68. The maximum absolute atomic E-state index is 14.2. The summed E-state index contributed by atoms with van der Waals surface area (Å²) in [4.78, 5) is 16.6. The second-order valence-corrected chi connectivity index (χ2v) is 9.43. The van der Waals surface area contributed by atoms with Gasteiger partial charge in [0.15, 0.2) is 0 Å². The number of anilines is 2. The van der Waals surface area contributed by atoms with Crippen molar-refractivity contribution in [3.8, 4) is 5.75 Å². The molecule has 2 fully saturated rings. The van der Waals surface area contributed by atoms with E-state index >= 15 is 0 Å². The van der Waals surface area contributed by atoms with E-state index in [0.717, 1.165) is 85.7 Å². The molecule has 0 unspecified atom stereocenters. The summed E-state index contributed by atoms with van der Waals surface area (Å²) in [7, 11) is 1.72. The Labute approximate surface area is 252 Å². The molecule has 8 nitrogen and oxygen atoms in total. The van der Waals surface area contributed by atoms with Gasteiger partial charge in [-0.3, -0.25) is 14.9 Å². The summed E-state index contributed by atoms with van der Waals surface area (Å²) in [6.45, 7) is 5.96. The van der Waals surface area contributed by atoms with Gasteiger partial charge in [-0.2, -0.15) is 0 Å². The van der Waals surface area contributed by atoms with Gasteiger partial charge < -0.3 is 25.5 Å². The Kier molecular flexibility index (Phi) is 13.6. The first kappa shape index (κ1) is 35.4. The van der Waals surface area contributed by atoms with Crippen molar-refractivity contribution in [3.63, 3.8) is 0 Å². The molecule has 2 aromatic heterocycles. The minimum Gasteiger partial charge on any atom is -0.497 e. The number of benzene rings is 2. The number of halogens is 4. The third kappa shape index (κ3) is 6.79. The number of hydrogen-bond acceptors (Lipinski definition) is 6.